The van der Waals surface area contributed by atoms with E-state index in [1.54, 1.807) is 0 Å². The lowest BCUT2D eigenvalue weighted by Gasteiger charge is -2.33. The fourth-order valence-electron chi connectivity index (χ4n) is 3.53. The molecule has 140 valence electrons. The summed E-state index contributed by atoms with van der Waals surface area (Å²) >= 11 is 0. The predicted molar refractivity (Wildman–Crippen MR) is 90.2 cm³/mol. The fraction of sp³-hybridized carbons (Fsp3) is 0.222. The van der Waals surface area contributed by atoms with E-state index in [9.17, 15) is 26.8 Å². The van der Waals surface area contributed by atoms with E-state index >= 15 is 0 Å². The van der Waals surface area contributed by atoms with Gasteiger partial charge >= 0.3 is 6.03 Å². The van der Waals surface area contributed by atoms with Gasteiger partial charge in [-0.05, 0) is 42.3 Å². The maximum Gasteiger partial charge on any atom is 0.325 e. The summed E-state index contributed by atoms with van der Waals surface area (Å²) in [6.07, 6.45) is -0.184. The summed E-state index contributed by atoms with van der Waals surface area (Å²) in [5.74, 6) is -2.15. The molecule has 0 bridgehead atoms. The zero-order valence-corrected chi connectivity index (χ0v) is 14.7. The Labute approximate surface area is 153 Å². The Hall–Kier alpha value is -2.81. The van der Waals surface area contributed by atoms with Gasteiger partial charge in [0.2, 0.25) is 0 Å². The smallest absolute Gasteiger partial charge is 0.319 e. The quantitative estimate of drug-likeness (QED) is 0.627. The predicted octanol–water partition coefficient (Wildman–Crippen LogP) is 2.09. The molecule has 1 atom stereocenters. The van der Waals surface area contributed by atoms with Crippen molar-refractivity contribution in [2.75, 3.05) is 5.75 Å². The molecular weight excluding hydrogens is 378 g/mol. The van der Waals surface area contributed by atoms with E-state index in [4.69, 9.17) is 0 Å². The highest BCUT2D eigenvalue weighted by molar-refractivity contribution is 7.91. The number of sulfone groups is 1. The van der Waals surface area contributed by atoms with Gasteiger partial charge in [0.1, 0.15) is 17.2 Å². The van der Waals surface area contributed by atoms with Crippen molar-refractivity contribution in [2.45, 2.75) is 23.4 Å². The third-order valence-corrected chi connectivity index (χ3v) is 6.68. The molecule has 0 saturated carbocycles. The number of urea groups is 1. The molecule has 0 aromatic heterocycles. The van der Waals surface area contributed by atoms with Crippen LogP contribution in [0.5, 0.6) is 0 Å². The summed E-state index contributed by atoms with van der Waals surface area (Å²) in [7, 11) is -3.67. The van der Waals surface area contributed by atoms with Crippen molar-refractivity contribution in [1.82, 2.24) is 10.2 Å². The van der Waals surface area contributed by atoms with Gasteiger partial charge in [0.15, 0.2) is 9.84 Å². The first kappa shape index (κ1) is 17.6. The van der Waals surface area contributed by atoms with Gasteiger partial charge in [-0.1, -0.05) is 12.1 Å². The average Bonchev–Trinajstić information content (AvgIpc) is 2.86. The van der Waals surface area contributed by atoms with Crippen LogP contribution in [-0.2, 0) is 26.7 Å². The molecule has 27 heavy (non-hydrogen) atoms. The van der Waals surface area contributed by atoms with Crippen LogP contribution in [0.2, 0.25) is 0 Å². The first-order chi connectivity index (χ1) is 12.7. The molecule has 0 radical (unpaired) electrons. The second kappa shape index (κ2) is 5.85. The molecule has 0 aliphatic carbocycles. The SMILES string of the molecule is O=C1N[C@@]2(CCS(=O)(=O)c3ccc(F)cc32)C(=O)N1Cc1ccc(F)cc1. The second-order valence-corrected chi connectivity index (χ2v) is 8.64. The summed E-state index contributed by atoms with van der Waals surface area (Å²) in [5.41, 5.74) is -1.16. The van der Waals surface area contributed by atoms with Crippen LogP contribution < -0.4 is 5.32 Å². The monoisotopic (exact) mass is 392 g/mol. The van der Waals surface area contributed by atoms with E-state index in [0.29, 0.717) is 5.56 Å². The lowest BCUT2D eigenvalue weighted by molar-refractivity contribution is -0.132. The number of hydrogen-bond acceptors (Lipinski definition) is 4. The van der Waals surface area contributed by atoms with Crippen LogP contribution >= 0.6 is 0 Å². The van der Waals surface area contributed by atoms with Gasteiger partial charge in [-0.2, -0.15) is 0 Å². The van der Waals surface area contributed by atoms with Crippen LogP contribution in [0.15, 0.2) is 47.4 Å². The fourth-order valence-corrected chi connectivity index (χ4v) is 5.17. The van der Waals surface area contributed by atoms with Crippen molar-refractivity contribution < 1.29 is 26.8 Å². The molecule has 1 fully saturated rings. The Morgan fingerprint density at radius 2 is 1.70 bits per heavy atom. The Morgan fingerprint density at radius 3 is 2.41 bits per heavy atom. The largest absolute Gasteiger partial charge is 0.325 e. The minimum Gasteiger partial charge on any atom is -0.319 e. The summed E-state index contributed by atoms with van der Waals surface area (Å²) in [4.78, 5) is 26.3. The molecule has 3 amide bonds. The maximum absolute atomic E-state index is 13.8. The molecule has 6 nitrogen and oxygen atoms in total. The first-order valence-corrected chi connectivity index (χ1v) is 9.79. The lowest BCUT2D eigenvalue weighted by atomic mass is 9.86. The molecule has 2 aromatic rings. The number of carbonyl (C=O) groups excluding carboxylic acids is 2. The van der Waals surface area contributed by atoms with Crippen molar-refractivity contribution in [2.24, 2.45) is 0 Å². The molecule has 1 saturated heterocycles. The molecule has 0 unspecified atom stereocenters. The summed E-state index contributed by atoms with van der Waals surface area (Å²) in [6, 6.07) is 7.70. The number of hydrogen-bond donors (Lipinski definition) is 1. The Kier molecular flexibility index (Phi) is 3.81. The molecule has 1 spiro atoms. The standard InChI is InChI=1S/C18H14F2N2O4S/c19-12-3-1-11(2-4-12)10-22-16(23)18(21-17(22)24)7-8-27(25,26)15-6-5-13(20)9-14(15)18/h1-6,9H,7-8,10H2,(H,21,24)/t18-/m1/s1. The van der Waals surface area contributed by atoms with E-state index in [-0.39, 0.29) is 29.2 Å². The van der Waals surface area contributed by atoms with E-state index in [1.165, 1.54) is 24.3 Å². The third kappa shape index (κ3) is 2.69. The number of halogens is 2. The van der Waals surface area contributed by atoms with Crippen molar-refractivity contribution in [3.05, 3.63) is 65.2 Å². The highest BCUT2D eigenvalue weighted by atomic mass is 32.2. The first-order valence-electron chi connectivity index (χ1n) is 8.14. The molecule has 4 rings (SSSR count). The number of imide groups is 1. The van der Waals surface area contributed by atoms with Gasteiger partial charge < -0.3 is 5.32 Å². The summed E-state index contributed by atoms with van der Waals surface area (Å²) < 4.78 is 51.5. The molecule has 2 aromatic carbocycles. The van der Waals surface area contributed by atoms with Crippen molar-refractivity contribution in [3.8, 4) is 0 Å². The lowest BCUT2D eigenvalue weighted by Crippen LogP contribution is -2.48. The number of nitrogens with one attached hydrogen (secondary N) is 1. The average molecular weight is 392 g/mol. The number of fused-ring (bicyclic) bond motifs is 2. The van der Waals surface area contributed by atoms with Crippen LogP contribution in [0.25, 0.3) is 0 Å². The summed E-state index contributed by atoms with van der Waals surface area (Å²) in [6.45, 7) is -0.107. The number of carbonyl (C=O) groups is 2. The number of nitrogens with zero attached hydrogens (tertiary/aromatic N) is 1. The van der Waals surface area contributed by atoms with Crippen molar-refractivity contribution >= 4 is 21.8 Å². The van der Waals surface area contributed by atoms with Crippen LogP contribution in [0, 0.1) is 11.6 Å². The van der Waals surface area contributed by atoms with Crippen LogP contribution in [0.4, 0.5) is 13.6 Å². The second-order valence-electron chi connectivity index (χ2n) is 6.56. The van der Waals surface area contributed by atoms with Crippen LogP contribution in [-0.4, -0.2) is 31.0 Å². The molecule has 9 heteroatoms. The normalized spacial score (nSPS) is 23.4. The van der Waals surface area contributed by atoms with E-state index in [1.807, 2.05) is 0 Å². The van der Waals surface area contributed by atoms with E-state index < -0.39 is 38.9 Å². The van der Waals surface area contributed by atoms with Crippen LogP contribution in [0.1, 0.15) is 17.5 Å². The molecule has 1 N–H and O–H groups in total. The van der Waals surface area contributed by atoms with Gasteiger partial charge in [0, 0.05) is 5.56 Å². The van der Waals surface area contributed by atoms with Gasteiger partial charge in [0.25, 0.3) is 5.91 Å². The highest BCUT2D eigenvalue weighted by Crippen LogP contribution is 2.41. The number of benzene rings is 2. The van der Waals surface area contributed by atoms with Gasteiger partial charge in [-0.15, -0.1) is 0 Å². The van der Waals surface area contributed by atoms with Crippen molar-refractivity contribution in [1.29, 1.82) is 0 Å². The topological polar surface area (TPSA) is 83.5 Å². The number of rotatable bonds is 2. The molecule has 2 aliphatic rings. The Bertz CT molecular complexity index is 1070. The van der Waals surface area contributed by atoms with Crippen molar-refractivity contribution in [3.63, 3.8) is 0 Å². The third-order valence-electron chi connectivity index (χ3n) is 4.91. The van der Waals surface area contributed by atoms with E-state index in [2.05, 4.69) is 5.32 Å². The molecular formula is C18H14F2N2O4S. The maximum atomic E-state index is 13.8. The molecule has 2 aliphatic heterocycles. The minimum atomic E-state index is -3.67. The summed E-state index contributed by atoms with van der Waals surface area (Å²) in [5, 5.41) is 2.55. The Balaban J connectivity index is 1.77. The number of amides is 3. The zero-order valence-electron chi connectivity index (χ0n) is 13.9. The van der Waals surface area contributed by atoms with Gasteiger partial charge in [0.05, 0.1) is 17.2 Å². The van der Waals surface area contributed by atoms with E-state index in [0.717, 1.165) is 23.1 Å². The van der Waals surface area contributed by atoms with Gasteiger partial charge in [-0.3, -0.25) is 9.69 Å². The molecule has 2 heterocycles. The van der Waals surface area contributed by atoms with Crippen LogP contribution in [0.3, 0.4) is 0 Å². The zero-order chi connectivity index (χ0) is 19.4. The van der Waals surface area contributed by atoms with Gasteiger partial charge in [-0.25, -0.2) is 22.0 Å². The highest BCUT2D eigenvalue weighted by Gasteiger charge is 2.56. The minimum absolute atomic E-state index is 0.0614. The Morgan fingerprint density at radius 1 is 1.04 bits per heavy atom.